The fourth-order valence-corrected chi connectivity index (χ4v) is 3.33. The Morgan fingerprint density at radius 3 is 2.79 bits per heavy atom. The minimum absolute atomic E-state index is 0.455. The molecule has 108 valence electrons. The highest BCUT2D eigenvalue weighted by Gasteiger charge is 2.22. The van der Waals surface area contributed by atoms with E-state index in [0.717, 1.165) is 37.2 Å². The van der Waals surface area contributed by atoms with E-state index in [4.69, 9.17) is 0 Å². The summed E-state index contributed by atoms with van der Waals surface area (Å²) >= 11 is 0. The van der Waals surface area contributed by atoms with Crippen LogP contribution in [0, 0.1) is 6.92 Å². The van der Waals surface area contributed by atoms with Crippen molar-refractivity contribution in [2.75, 3.05) is 32.7 Å². The average molecular weight is 287 g/mol. The SMILES string of the molecule is Cc1[nH]ncc1CCCNS(=O)(=O)N1CCNCC1. The predicted octanol–water partition coefficient (Wildman–Crippen LogP) is -0.610. The molecule has 2 heterocycles. The van der Waals surface area contributed by atoms with Gasteiger partial charge < -0.3 is 5.32 Å². The van der Waals surface area contributed by atoms with E-state index < -0.39 is 10.2 Å². The van der Waals surface area contributed by atoms with Crippen molar-refractivity contribution in [2.24, 2.45) is 0 Å². The fourth-order valence-electron chi connectivity index (χ4n) is 2.08. The van der Waals surface area contributed by atoms with Gasteiger partial charge in [0.25, 0.3) is 10.2 Å². The summed E-state index contributed by atoms with van der Waals surface area (Å²) in [5.74, 6) is 0. The molecular weight excluding hydrogens is 266 g/mol. The summed E-state index contributed by atoms with van der Waals surface area (Å²) < 4.78 is 28.1. The fraction of sp³-hybridized carbons (Fsp3) is 0.727. The predicted molar refractivity (Wildman–Crippen MR) is 73.0 cm³/mol. The molecule has 1 aliphatic heterocycles. The van der Waals surface area contributed by atoms with Gasteiger partial charge in [-0.05, 0) is 25.3 Å². The van der Waals surface area contributed by atoms with E-state index in [1.807, 2.05) is 6.92 Å². The molecule has 0 aromatic carbocycles. The van der Waals surface area contributed by atoms with Crippen LogP contribution in [0.4, 0.5) is 0 Å². The normalized spacial score (nSPS) is 17.7. The number of rotatable bonds is 6. The standard InChI is InChI=1S/C11H21N5O2S/c1-10-11(9-13-15-10)3-2-4-14-19(17,18)16-7-5-12-6-8-16/h9,12,14H,2-8H2,1H3,(H,13,15). The number of piperazine rings is 1. The van der Waals surface area contributed by atoms with E-state index in [1.54, 1.807) is 6.20 Å². The number of aromatic amines is 1. The van der Waals surface area contributed by atoms with Crippen molar-refractivity contribution < 1.29 is 8.42 Å². The topological polar surface area (TPSA) is 90.1 Å². The molecule has 0 radical (unpaired) electrons. The zero-order valence-corrected chi connectivity index (χ0v) is 12.0. The minimum atomic E-state index is -3.31. The Morgan fingerprint density at radius 1 is 1.42 bits per heavy atom. The lowest BCUT2D eigenvalue weighted by Gasteiger charge is -2.26. The van der Waals surface area contributed by atoms with Crippen LogP contribution in [0.15, 0.2) is 6.20 Å². The van der Waals surface area contributed by atoms with Crippen LogP contribution in [-0.4, -0.2) is 55.6 Å². The molecule has 8 heteroatoms. The van der Waals surface area contributed by atoms with Crippen LogP contribution in [-0.2, 0) is 16.6 Å². The molecule has 1 aliphatic rings. The molecule has 1 fully saturated rings. The molecule has 0 unspecified atom stereocenters. The second-order valence-corrected chi connectivity index (χ2v) is 6.43. The van der Waals surface area contributed by atoms with Crippen molar-refractivity contribution in [2.45, 2.75) is 19.8 Å². The highest BCUT2D eigenvalue weighted by molar-refractivity contribution is 7.87. The van der Waals surface area contributed by atoms with E-state index in [9.17, 15) is 8.42 Å². The number of aryl methyl sites for hydroxylation is 2. The van der Waals surface area contributed by atoms with Gasteiger partial charge in [0.05, 0.1) is 6.20 Å². The largest absolute Gasteiger partial charge is 0.314 e. The van der Waals surface area contributed by atoms with Crippen LogP contribution in [0.2, 0.25) is 0 Å². The van der Waals surface area contributed by atoms with Gasteiger partial charge in [0.15, 0.2) is 0 Å². The Labute approximate surface area is 113 Å². The number of aromatic nitrogens is 2. The highest BCUT2D eigenvalue weighted by atomic mass is 32.2. The van der Waals surface area contributed by atoms with Gasteiger partial charge in [-0.25, -0.2) is 4.72 Å². The summed E-state index contributed by atoms with van der Waals surface area (Å²) in [7, 11) is -3.31. The first-order chi connectivity index (χ1) is 9.09. The van der Waals surface area contributed by atoms with Gasteiger partial charge in [0.2, 0.25) is 0 Å². The lowest BCUT2D eigenvalue weighted by atomic mass is 10.1. The number of hydrogen-bond donors (Lipinski definition) is 3. The molecule has 1 saturated heterocycles. The zero-order chi connectivity index (χ0) is 13.7. The van der Waals surface area contributed by atoms with Gasteiger partial charge in [0.1, 0.15) is 0 Å². The van der Waals surface area contributed by atoms with Crippen molar-refractivity contribution in [3.63, 3.8) is 0 Å². The summed E-state index contributed by atoms with van der Waals surface area (Å²) in [5.41, 5.74) is 2.19. The number of H-pyrrole nitrogens is 1. The Bertz CT molecular complexity index is 493. The molecular formula is C11H21N5O2S. The maximum atomic E-state index is 12.0. The minimum Gasteiger partial charge on any atom is -0.314 e. The summed E-state index contributed by atoms with van der Waals surface area (Å²) in [6, 6.07) is 0. The smallest absolute Gasteiger partial charge is 0.279 e. The Balaban J connectivity index is 1.74. The Kier molecular flexibility index (Phi) is 4.92. The van der Waals surface area contributed by atoms with Gasteiger partial charge in [0, 0.05) is 38.4 Å². The number of nitrogens with zero attached hydrogens (tertiary/aromatic N) is 2. The second-order valence-electron chi connectivity index (χ2n) is 4.67. The summed E-state index contributed by atoms with van der Waals surface area (Å²) in [5, 5.41) is 9.95. The van der Waals surface area contributed by atoms with Crippen LogP contribution >= 0.6 is 0 Å². The van der Waals surface area contributed by atoms with Crippen LogP contribution in [0.5, 0.6) is 0 Å². The molecule has 1 aromatic rings. The van der Waals surface area contributed by atoms with E-state index >= 15 is 0 Å². The lowest BCUT2D eigenvalue weighted by Crippen LogP contribution is -2.50. The van der Waals surface area contributed by atoms with E-state index in [2.05, 4.69) is 20.2 Å². The third-order valence-electron chi connectivity index (χ3n) is 3.26. The number of hydrogen-bond acceptors (Lipinski definition) is 4. The molecule has 0 bridgehead atoms. The van der Waals surface area contributed by atoms with E-state index in [0.29, 0.717) is 19.6 Å². The van der Waals surface area contributed by atoms with Gasteiger partial charge in [-0.1, -0.05) is 0 Å². The third-order valence-corrected chi connectivity index (χ3v) is 4.87. The molecule has 0 saturated carbocycles. The first-order valence-corrected chi connectivity index (χ1v) is 7.98. The molecule has 3 N–H and O–H groups in total. The summed E-state index contributed by atoms with van der Waals surface area (Å²) in [4.78, 5) is 0. The van der Waals surface area contributed by atoms with Crippen LogP contribution in [0.25, 0.3) is 0 Å². The van der Waals surface area contributed by atoms with Crippen molar-refractivity contribution in [1.82, 2.24) is 24.5 Å². The molecule has 19 heavy (non-hydrogen) atoms. The molecule has 0 amide bonds. The van der Waals surface area contributed by atoms with Gasteiger partial charge in [-0.2, -0.15) is 17.8 Å². The molecule has 7 nitrogen and oxygen atoms in total. The maximum Gasteiger partial charge on any atom is 0.279 e. The first kappa shape index (κ1) is 14.4. The summed E-state index contributed by atoms with van der Waals surface area (Å²) in [6.45, 7) is 4.93. The lowest BCUT2D eigenvalue weighted by molar-refractivity contribution is 0.355. The molecule has 0 aliphatic carbocycles. The third kappa shape index (κ3) is 4.00. The van der Waals surface area contributed by atoms with Crippen LogP contribution in [0.1, 0.15) is 17.7 Å². The highest BCUT2D eigenvalue weighted by Crippen LogP contribution is 2.06. The molecule has 0 spiro atoms. The summed E-state index contributed by atoms with van der Waals surface area (Å²) in [6.07, 6.45) is 3.39. The van der Waals surface area contributed by atoms with Crippen molar-refractivity contribution in [1.29, 1.82) is 0 Å². The van der Waals surface area contributed by atoms with E-state index in [-0.39, 0.29) is 0 Å². The maximum absolute atomic E-state index is 12.0. The molecule has 1 aromatic heterocycles. The van der Waals surface area contributed by atoms with Crippen LogP contribution in [0.3, 0.4) is 0 Å². The van der Waals surface area contributed by atoms with Crippen LogP contribution < -0.4 is 10.0 Å². The van der Waals surface area contributed by atoms with Crippen molar-refractivity contribution >= 4 is 10.2 Å². The van der Waals surface area contributed by atoms with E-state index in [1.165, 1.54) is 4.31 Å². The average Bonchev–Trinajstić information content (AvgIpc) is 2.81. The molecule has 2 rings (SSSR count). The van der Waals surface area contributed by atoms with Crippen molar-refractivity contribution in [3.05, 3.63) is 17.5 Å². The first-order valence-electron chi connectivity index (χ1n) is 6.54. The van der Waals surface area contributed by atoms with Crippen molar-refractivity contribution in [3.8, 4) is 0 Å². The zero-order valence-electron chi connectivity index (χ0n) is 11.1. The number of nitrogens with one attached hydrogen (secondary N) is 3. The van der Waals surface area contributed by atoms with Gasteiger partial charge >= 0.3 is 0 Å². The second kappa shape index (κ2) is 6.47. The Morgan fingerprint density at radius 2 is 2.16 bits per heavy atom. The molecule has 0 atom stereocenters. The van der Waals surface area contributed by atoms with Gasteiger partial charge in [-0.15, -0.1) is 0 Å². The van der Waals surface area contributed by atoms with Gasteiger partial charge in [-0.3, -0.25) is 5.10 Å². The monoisotopic (exact) mass is 287 g/mol. The Hall–Kier alpha value is -0.960. The quantitative estimate of drug-likeness (QED) is 0.609.